The maximum Gasteiger partial charge on any atom is 0.262 e. The molecule has 1 amide bonds. The number of anilines is 1. The summed E-state index contributed by atoms with van der Waals surface area (Å²) >= 11 is 0. The molecule has 0 spiro atoms. The van der Waals surface area contributed by atoms with E-state index in [9.17, 15) is 9.59 Å². The summed E-state index contributed by atoms with van der Waals surface area (Å²) in [6.07, 6.45) is 1.62. The number of ether oxygens (including phenoxy) is 2. The van der Waals surface area contributed by atoms with Crippen LogP contribution in [-0.2, 0) is 0 Å². The van der Waals surface area contributed by atoms with Gasteiger partial charge in [-0.05, 0) is 56.3 Å². The fraction of sp³-hybridized carbons (Fsp3) is 0.185. The summed E-state index contributed by atoms with van der Waals surface area (Å²) in [5.74, 6) is 1.20. The predicted octanol–water partition coefficient (Wildman–Crippen LogP) is 5.06. The summed E-state index contributed by atoms with van der Waals surface area (Å²) in [5.41, 5.74) is 1.64. The van der Waals surface area contributed by atoms with Crippen molar-refractivity contribution >= 4 is 22.4 Å². The Bertz CT molecular complexity index is 1340. The normalized spacial score (nSPS) is 10.8. The minimum atomic E-state index is -0.195. The Morgan fingerprint density at radius 3 is 2.30 bits per heavy atom. The number of benzene rings is 3. The number of hydrogen-bond donors (Lipinski definition) is 0. The van der Waals surface area contributed by atoms with Gasteiger partial charge in [-0.2, -0.15) is 0 Å². The van der Waals surface area contributed by atoms with Crippen LogP contribution in [-0.4, -0.2) is 30.7 Å². The molecule has 168 valence electrons. The van der Waals surface area contributed by atoms with E-state index in [-0.39, 0.29) is 11.5 Å². The zero-order chi connectivity index (χ0) is 23.4. The molecule has 6 nitrogen and oxygen atoms in total. The third-order valence-electron chi connectivity index (χ3n) is 5.51. The monoisotopic (exact) mass is 442 g/mol. The summed E-state index contributed by atoms with van der Waals surface area (Å²) in [6, 6.07) is 21.9. The number of carbonyl (C=O) groups excluding carboxylic acids is 1. The number of carbonyl (C=O) groups is 1. The molecule has 0 saturated carbocycles. The molecular weight excluding hydrogens is 416 g/mol. The van der Waals surface area contributed by atoms with Crippen molar-refractivity contribution in [3.63, 3.8) is 0 Å². The summed E-state index contributed by atoms with van der Waals surface area (Å²) in [7, 11) is 1.58. The molecule has 0 fully saturated rings. The van der Waals surface area contributed by atoms with Gasteiger partial charge in [0.15, 0.2) is 0 Å². The minimum absolute atomic E-state index is 0.186. The third-order valence-corrected chi connectivity index (χ3v) is 5.51. The molecule has 33 heavy (non-hydrogen) atoms. The Morgan fingerprint density at radius 2 is 1.64 bits per heavy atom. The van der Waals surface area contributed by atoms with Gasteiger partial charge in [-0.1, -0.05) is 24.3 Å². The number of nitrogens with zero attached hydrogens (tertiary/aromatic N) is 2. The van der Waals surface area contributed by atoms with Crippen molar-refractivity contribution in [2.45, 2.75) is 13.8 Å². The zero-order valence-electron chi connectivity index (χ0n) is 18.9. The average molecular weight is 443 g/mol. The molecule has 0 aliphatic carbocycles. The van der Waals surface area contributed by atoms with Gasteiger partial charge < -0.3 is 14.4 Å². The first-order chi connectivity index (χ1) is 16.1. The van der Waals surface area contributed by atoms with Crippen LogP contribution in [0.4, 0.5) is 5.69 Å². The molecule has 1 heterocycles. The highest BCUT2D eigenvalue weighted by Crippen LogP contribution is 2.25. The van der Waals surface area contributed by atoms with Gasteiger partial charge in [0, 0.05) is 35.3 Å². The molecule has 4 aromatic rings. The van der Waals surface area contributed by atoms with Gasteiger partial charge in [-0.25, -0.2) is 0 Å². The maximum absolute atomic E-state index is 13.8. The van der Waals surface area contributed by atoms with Gasteiger partial charge in [-0.3, -0.25) is 14.2 Å². The van der Waals surface area contributed by atoms with Crippen LogP contribution in [0.25, 0.3) is 16.5 Å². The van der Waals surface area contributed by atoms with Gasteiger partial charge in [0.25, 0.3) is 11.5 Å². The van der Waals surface area contributed by atoms with Crippen LogP contribution in [0.2, 0.25) is 0 Å². The van der Waals surface area contributed by atoms with E-state index >= 15 is 0 Å². The first-order valence-electron chi connectivity index (χ1n) is 10.9. The van der Waals surface area contributed by atoms with Crippen LogP contribution in [0.15, 0.2) is 83.8 Å². The fourth-order valence-corrected chi connectivity index (χ4v) is 3.89. The Labute approximate surface area is 192 Å². The molecule has 0 aliphatic heterocycles. The van der Waals surface area contributed by atoms with Crippen molar-refractivity contribution < 1.29 is 14.3 Å². The molecule has 0 saturated heterocycles. The molecule has 0 unspecified atom stereocenters. The highest BCUT2D eigenvalue weighted by molar-refractivity contribution is 6.13. The van der Waals surface area contributed by atoms with Crippen LogP contribution in [0.3, 0.4) is 0 Å². The van der Waals surface area contributed by atoms with Crippen molar-refractivity contribution in [2.24, 2.45) is 0 Å². The number of fused-ring (bicyclic) bond motifs is 1. The quantitative estimate of drug-likeness (QED) is 0.401. The van der Waals surface area contributed by atoms with Gasteiger partial charge in [-0.15, -0.1) is 0 Å². The lowest BCUT2D eigenvalue weighted by Crippen LogP contribution is -2.32. The Hall–Kier alpha value is -4.06. The van der Waals surface area contributed by atoms with Crippen LogP contribution >= 0.6 is 0 Å². The summed E-state index contributed by atoms with van der Waals surface area (Å²) in [4.78, 5) is 28.8. The molecular formula is C27H26N2O4. The Balaban J connectivity index is 1.85. The van der Waals surface area contributed by atoms with Crippen molar-refractivity contribution in [3.8, 4) is 17.2 Å². The fourth-order valence-electron chi connectivity index (χ4n) is 3.89. The van der Waals surface area contributed by atoms with E-state index in [2.05, 4.69) is 0 Å². The van der Waals surface area contributed by atoms with E-state index in [0.717, 1.165) is 11.4 Å². The van der Waals surface area contributed by atoms with Gasteiger partial charge in [0.05, 0.1) is 25.0 Å². The van der Waals surface area contributed by atoms with Crippen LogP contribution < -0.4 is 19.9 Å². The number of pyridine rings is 1. The molecule has 0 bridgehead atoms. The largest absolute Gasteiger partial charge is 0.497 e. The van der Waals surface area contributed by atoms with Gasteiger partial charge >= 0.3 is 0 Å². The summed E-state index contributed by atoms with van der Waals surface area (Å²) < 4.78 is 12.3. The van der Waals surface area contributed by atoms with Crippen LogP contribution in [0.1, 0.15) is 24.2 Å². The lowest BCUT2D eigenvalue weighted by molar-refractivity contribution is 0.0989. The van der Waals surface area contributed by atoms with E-state index in [1.165, 1.54) is 4.57 Å². The lowest BCUT2D eigenvalue weighted by Gasteiger charge is -2.23. The maximum atomic E-state index is 13.8. The van der Waals surface area contributed by atoms with Crippen molar-refractivity contribution in [1.29, 1.82) is 0 Å². The number of methoxy groups -OCH3 is 1. The molecule has 1 aromatic heterocycles. The van der Waals surface area contributed by atoms with Gasteiger partial charge in [0.1, 0.15) is 11.5 Å². The lowest BCUT2D eigenvalue weighted by atomic mass is 10.1. The standard InChI is InChI=1S/C27H26N2O4/c1-4-28(19-13-15-21(16-14-19)33-5-2)27(31)25-18-29(20-9-8-10-22(17-20)32-3)26(30)24-12-7-6-11-23(24)25/h6-18H,4-5H2,1-3H3. The van der Waals surface area contributed by atoms with E-state index in [0.29, 0.717) is 40.9 Å². The molecule has 4 rings (SSSR count). The predicted molar refractivity (Wildman–Crippen MR) is 131 cm³/mol. The smallest absolute Gasteiger partial charge is 0.262 e. The molecule has 3 aromatic carbocycles. The average Bonchev–Trinajstić information content (AvgIpc) is 2.86. The van der Waals surface area contributed by atoms with Crippen LogP contribution in [0, 0.1) is 0 Å². The molecule has 0 radical (unpaired) electrons. The number of aromatic nitrogens is 1. The van der Waals surface area contributed by atoms with Crippen LogP contribution in [0.5, 0.6) is 11.5 Å². The van der Waals surface area contributed by atoms with Gasteiger partial charge in [0.2, 0.25) is 0 Å². The van der Waals surface area contributed by atoms with E-state index < -0.39 is 0 Å². The zero-order valence-corrected chi connectivity index (χ0v) is 18.9. The van der Waals surface area contributed by atoms with E-state index in [1.54, 1.807) is 36.4 Å². The van der Waals surface area contributed by atoms with E-state index in [1.807, 2.05) is 68.4 Å². The SMILES string of the molecule is CCOc1ccc(N(CC)C(=O)c2cn(-c3cccc(OC)c3)c(=O)c3ccccc23)cc1. The molecule has 0 aliphatic rings. The highest BCUT2D eigenvalue weighted by Gasteiger charge is 2.21. The number of rotatable bonds is 7. The Morgan fingerprint density at radius 1 is 0.909 bits per heavy atom. The summed E-state index contributed by atoms with van der Waals surface area (Å²) in [5, 5.41) is 1.10. The summed E-state index contributed by atoms with van der Waals surface area (Å²) in [6.45, 7) is 4.90. The van der Waals surface area contributed by atoms with Crippen molar-refractivity contribution in [2.75, 3.05) is 25.2 Å². The number of hydrogen-bond acceptors (Lipinski definition) is 4. The van der Waals surface area contributed by atoms with Crippen molar-refractivity contribution in [1.82, 2.24) is 4.57 Å². The molecule has 0 atom stereocenters. The first-order valence-corrected chi connectivity index (χ1v) is 10.9. The second kappa shape index (κ2) is 9.61. The van der Waals surface area contributed by atoms with E-state index in [4.69, 9.17) is 9.47 Å². The highest BCUT2D eigenvalue weighted by atomic mass is 16.5. The van der Waals surface area contributed by atoms with Crippen molar-refractivity contribution in [3.05, 3.63) is 94.9 Å². The second-order valence-corrected chi connectivity index (χ2v) is 7.44. The first kappa shape index (κ1) is 22.1. The Kier molecular flexibility index (Phi) is 6.45. The second-order valence-electron chi connectivity index (χ2n) is 7.44. The number of amides is 1. The topological polar surface area (TPSA) is 60.8 Å². The molecule has 6 heteroatoms. The molecule has 0 N–H and O–H groups in total. The minimum Gasteiger partial charge on any atom is -0.497 e. The third kappa shape index (κ3) is 4.32.